The molecule has 1 N–H and O–H groups in total. The van der Waals surface area contributed by atoms with Crippen molar-refractivity contribution < 1.29 is 4.79 Å². The summed E-state index contributed by atoms with van der Waals surface area (Å²) in [6.07, 6.45) is 5.61. The van der Waals surface area contributed by atoms with Gasteiger partial charge in [-0.3, -0.25) is 9.48 Å². The zero-order chi connectivity index (χ0) is 14.8. The maximum atomic E-state index is 12.1. The summed E-state index contributed by atoms with van der Waals surface area (Å²) in [6.45, 7) is 0.675. The van der Waals surface area contributed by atoms with E-state index in [1.807, 2.05) is 31.6 Å². The summed E-state index contributed by atoms with van der Waals surface area (Å²) < 4.78 is 2.85. The van der Waals surface area contributed by atoms with Crippen LogP contribution < -0.4 is 5.32 Å². The van der Waals surface area contributed by atoms with Gasteiger partial charge in [0.15, 0.2) is 0 Å². The van der Waals surface area contributed by atoms with Crippen molar-refractivity contribution in [2.24, 2.45) is 13.0 Å². The van der Waals surface area contributed by atoms with E-state index >= 15 is 0 Å². The predicted octanol–water partition coefficient (Wildman–Crippen LogP) is 2.65. The Hall–Kier alpha value is -1.62. The second-order valence-corrected chi connectivity index (χ2v) is 6.48. The Balaban J connectivity index is 1.46. The number of aryl methyl sites for hydroxylation is 1. The summed E-state index contributed by atoms with van der Waals surface area (Å²) in [5.74, 6) is 0.698. The van der Waals surface area contributed by atoms with Gasteiger partial charge in [0.25, 0.3) is 0 Å². The monoisotopic (exact) mass is 347 g/mol. The largest absolute Gasteiger partial charge is 0.356 e. The van der Waals surface area contributed by atoms with Gasteiger partial charge in [0.05, 0.1) is 6.20 Å². The van der Waals surface area contributed by atoms with Gasteiger partial charge in [-0.1, -0.05) is 28.1 Å². The molecule has 0 radical (unpaired) electrons. The molecular weight excluding hydrogens is 330 g/mol. The fourth-order valence-electron chi connectivity index (χ4n) is 2.63. The van der Waals surface area contributed by atoms with Crippen LogP contribution in [0.3, 0.4) is 0 Å². The maximum Gasteiger partial charge on any atom is 0.223 e. The summed E-state index contributed by atoms with van der Waals surface area (Å²) in [5, 5.41) is 7.15. The van der Waals surface area contributed by atoms with E-state index in [1.165, 1.54) is 5.56 Å². The van der Waals surface area contributed by atoms with Crippen LogP contribution in [0.4, 0.5) is 0 Å². The smallest absolute Gasteiger partial charge is 0.223 e. The van der Waals surface area contributed by atoms with Crippen LogP contribution in [0.25, 0.3) is 0 Å². The van der Waals surface area contributed by atoms with Crippen LogP contribution in [0, 0.1) is 5.92 Å². The molecule has 3 rings (SSSR count). The third kappa shape index (κ3) is 3.53. The Morgan fingerprint density at radius 3 is 2.86 bits per heavy atom. The highest BCUT2D eigenvalue weighted by Gasteiger charge is 2.43. The first-order valence-electron chi connectivity index (χ1n) is 7.14. The van der Waals surface area contributed by atoms with Crippen LogP contribution >= 0.6 is 15.9 Å². The van der Waals surface area contributed by atoms with Crippen LogP contribution in [0.1, 0.15) is 23.5 Å². The van der Waals surface area contributed by atoms with Crippen LogP contribution in [0.5, 0.6) is 0 Å². The van der Waals surface area contributed by atoms with Crippen molar-refractivity contribution in [2.75, 3.05) is 6.54 Å². The number of hydrogen-bond donors (Lipinski definition) is 1. The fourth-order valence-corrected chi connectivity index (χ4v) is 2.89. The van der Waals surface area contributed by atoms with Crippen molar-refractivity contribution in [1.82, 2.24) is 15.1 Å². The summed E-state index contributed by atoms with van der Waals surface area (Å²) in [4.78, 5) is 12.1. The summed E-state index contributed by atoms with van der Waals surface area (Å²) >= 11 is 3.43. The number of aromatic nitrogens is 2. The lowest BCUT2D eigenvalue weighted by Crippen LogP contribution is -2.27. The molecule has 1 aliphatic carbocycles. The number of benzene rings is 1. The van der Waals surface area contributed by atoms with Crippen LogP contribution in [-0.4, -0.2) is 22.2 Å². The molecule has 1 aromatic carbocycles. The number of nitrogens with one attached hydrogen (secondary N) is 1. The Bertz CT molecular complexity index is 635. The number of hydrogen-bond acceptors (Lipinski definition) is 2. The number of rotatable bonds is 5. The number of amides is 1. The number of halogens is 1. The lowest BCUT2D eigenvalue weighted by molar-refractivity contribution is -0.122. The lowest BCUT2D eigenvalue weighted by atomic mass is 10.1. The van der Waals surface area contributed by atoms with E-state index in [4.69, 9.17) is 0 Å². The van der Waals surface area contributed by atoms with E-state index in [-0.39, 0.29) is 11.8 Å². The Morgan fingerprint density at radius 2 is 2.19 bits per heavy atom. The van der Waals surface area contributed by atoms with Crippen molar-refractivity contribution in [1.29, 1.82) is 0 Å². The highest BCUT2D eigenvalue weighted by Crippen LogP contribution is 2.47. The van der Waals surface area contributed by atoms with Gasteiger partial charge >= 0.3 is 0 Å². The first-order valence-corrected chi connectivity index (χ1v) is 7.93. The number of carbonyl (C=O) groups is 1. The molecule has 2 aromatic rings. The molecule has 110 valence electrons. The van der Waals surface area contributed by atoms with E-state index in [0.29, 0.717) is 12.5 Å². The Kier molecular flexibility index (Phi) is 4.10. The third-order valence-electron chi connectivity index (χ3n) is 3.90. The van der Waals surface area contributed by atoms with Crippen LogP contribution in [0.15, 0.2) is 41.1 Å². The molecule has 1 aromatic heterocycles. The van der Waals surface area contributed by atoms with Crippen LogP contribution in [0.2, 0.25) is 0 Å². The van der Waals surface area contributed by atoms with E-state index in [9.17, 15) is 4.79 Å². The molecule has 4 nitrogen and oxygen atoms in total. The minimum Gasteiger partial charge on any atom is -0.356 e. The first-order chi connectivity index (χ1) is 10.1. The van der Waals surface area contributed by atoms with Gasteiger partial charge in [-0.15, -0.1) is 0 Å². The lowest BCUT2D eigenvalue weighted by Gasteiger charge is -2.04. The average molecular weight is 348 g/mol. The van der Waals surface area contributed by atoms with E-state index in [2.05, 4.69) is 38.5 Å². The molecule has 1 fully saturated rings. The molecule has 1 heterocycles. The van der Waals surface area contributed by atoms with E-state index in [1.54, 1.807) is 4.68 Å². The summed E-state index contributed by atoms with van der Waals surface area (Å²) in [6, 6.07) is 8.26. The molecule has 21 heavy (non-hydrogen) atoms. The van der Waals surface area contributed by atoms with Gasteiger partial charge in [0.1, 0.15) is 0 Å². The minimum absolute atomic E-state index is 0.139. The maximum absolute atomic E-state index is 12.1. The van der Waals surface area contributed by atoms with Crippen molar-refractivity contribution >= 4 is 21.8 Å². The van der Waals surface area contributed by atoms with Crippen molar-refractivity contribution in [3.63, 3.8) is 0 Å². The summed E-state index contributed by atoms with van der Waals surface area (Å²) in [5.41, 5.74) is 2.41. The molecule has 0 unspecified atom stereocenters. The van der Waals surface area contributed by atoms with Crippen molar-refractivity contribution in [2.45, 2.75) is 18.8 Å². The van der Waals surface area contributed by atoms with Gasteiger partial charge in [-0.2, -0.15) is 5.10 Å². The first kappa shape index (κ1) is 14.3. The normalized spacial score (nSPS) is 20.3. The molecule has 1 amide bonds. The average Bonchev–Trinajstić information content (AvgIpc) is 3.16. The Morgan fingerprint density at radius 1 is 1.43 bits per heavy atom. The molecular formula is C16H18BrN3O. The summed E-state index contributed by atoms with van der Waals surface area (Å²) in [7, 11) is 1.90. The molecule has 0 bridgehead atoms. The third-order valence-corrected chi connectivity index (χ3v) is 4.43. The number of nitrogens with zero attached hydrogens (tertiary/aromatic N) is 2. The van der Waals surface area contributed by atoms with Gasteiger partial charge in [-0.05, 0) is 42.0 Å². The second kappa shape index (κ2) is 6.02. The predicted molar refractivity (Wildman–Crippen MR) is 84.9 cm³/mol. The molecule has 0 spiro atoms. The zero-order valence-corrected chi connectivity index (χ0v) is 13.5. The minimum atomic E-state index is 0.139. The van der Waals surface area contributed by atoms with Gasteiger partial charge < -0.3 is 5.32 Å². The van der Waals surface area contributed by atoms with Crippen molar-refractivity contribution in [3.05, 3.63) is 52.3 Å². The Labute approximate surface area is 132 Å². The second-order valence-electron chi connectivity index (χ2n) is 5.56. The highest BCUT2D eigenvalue weighted by molar-refractivity contribution is 9.10. The zero-order valence-electron chi connectivity index (χ0n) is 11.9. The highest BCUT2D eigenvalue weighted by atomic mass is 79.9. The quantitative estimate of drug-likeness (QED) is 0.903. The molecule has 1 saturated carbocycles. The standard InChI is InChI=1S/C16H18BrN3O/c1-20-10-11(9-19-20)6-7-18-16(21)15-8-14(15)12-2-4-13(17)5-3-12/h2-5,9-10,14-15H,6-8H2,1H3,(H,18,21)/t14-,15-/m0/s1. The number of carbonyl (C=O) groups excluding carboxylic acids is 1. The van der Waals surface area contributed by atoms with Crippen LogP contribution in [-0.2, 0) is 18.3 Å². The van der Waals surface area contributed by atoms with E-state index in [0.717, 1.165) is 22.9 Å². The topological polar surface area (TPSA) is 46.9 Å². The molecule has 5 heteroatoms. The van der Waals surface area contributed by atoms with Crippen molar-refractivity contribution in [3.8, 4) is 0 Å². The molecule has 0 aliphatic heterocycles. The van der Waals surface area contributed by atoms with Gasteiger partial charge in [-0.25, -0.2) is 0 Å². The van der Waals surface area contributed by atoms with Gasteiger partial charge in [0.2, 0.25) is 5.91 Å². The molecule has 1 aliphatic rings. The van der Waals surface area contributed by atoms with E-state index < -0.39 is 0 Å². The molecule has 2 atom stereocenters. The fraction of sp³-hybridized carbons (Fsp3) is 0.375. The SMILES string of the molecule is Cn1cc(CCNC(=O)[C@H]2C[C@H]2c2ccc(Br)cc2)cn1. The van der Waals surface area contributed by atoms with Gasteiger partial charge in [0, 0.05) is 30.2 Å². The molecule has 0 saturated heterocycles.